The summed E-state index contributed by atoms with van der Waals surface area (Å²) >= 11 is 0.889. The predicted molar refractivity (Wildman–Crippen MR) is 116 cm³/mol. The Bertz CT molecular complexity index is 1270. The average molecular weight is 459 g/mol. The molecule has 4 rings (SSSR count). The van der Waals surface area contributed by atoms with Crippen molar-refractivity contribution in [3.63, 3.8) is 0 Å². The van der Waals surface area contributed by atoms with Crippen LogP contribution in [0.15, 0.2) is 69.3 Å². The van der Waals surface area contributed by atoms with Crippen molar-refractivity contribution < 1.29 is 17.7 Å². The third-order valence-electron chi connectivity index (χ3n) is 4.98. The average Bonchev–Trinajstić information content (AvgIpc) is 3.16. The zero-order valence-corrected chi connectivity index (χ0v) is 18.4. The highest BCUT2D eigenvalue weighted by atomic mass is 32.2. The number of halogens is 1. The second-order valence-corrected chi connectivity index (χ2v) is 10.2. The van der Waals surface area contributed by atoms with Gasteiger partial charge in [-0.05, 0) is 23.6 Å². The molecule has 10 heteroatoms. The molecule has 0 bridgehead atoms. The van der Waals surface area contributed by atoms with Gasteiger partial charge in [0, 0.05) is 17.5 Å². The van der Waals surface area contributed by atoms with E-state index in [1.807, 2.05) is 13.8 Å². The van der Waals surface area contributed by atoms with Crippen LogP contribution < -0.4 is 0 Å². The van der Waals surface area contributed by atoms with Crippen molar-refractivity contribution >= 4 is 33.3 Å². The van der Waals surface area contributed by atoms with Crippen LogP contribution in [0.5, 0.6) is 0 Å². The summed E-state index contributed by atoms with van der Waals surface area (Å²) in [4.78, 5) is 13.2. The van der Waals surface area contributed by atoms with Crippen molar-refractivity contribution in [2.24, 2.45) is 4.40 Å². The van der Waals surface area contributed by atoms with E-state index < -0.39 is 15.3 Å². The van der Waals surface area contributed by atoms with Crippen LogP contribution in [0, 0.1) is 0 Å². The smallest absolute Gasteiger partial charge is 0.282 e. The lowest BCUT2D eigenvalue weighted by Gasteiger charge is -2.23. The van der Waals surface area contributed by atoms with Gasteiger partial charge in [-0.1, -0.05) is 66.5 Å². The summed E-state index contributed by atoms with van der Waals surface area (Å²) in [5.41, 5.74) is 2.09. The molecule has 7 nitrogen and oxygen atoms in total. The summed E-state index contributed by atoms with van der Waals surface area (Å²) in [6, 6.07) is 13.3. The number of hydrogen-bond acceptors (Lipinski definition) is 6. The van der Waals surface area contributed by atoms with Crippen LogP contribution in [0.1, 0.15) is 47.7 Å². The molecule has 31 heavy (non-hydrogen) atoms. The Morgan fingerprint density at radius 3 is 2.42 bits per heavy atom. The van der Waals surface area contributed by atoms with E-state index in [1.165, 1.54) is 12.1 Å². The van der Waals surface area contributed by atoms with E-state index in [0.717, 1.165) is 23.7 Å². The summed E-state index contributed by atoms with van der Waals surface area (Å²) in [6.07, 6.45) is 0.917. The fraction of sp³-hybridized carbons (Fsp3) is 0.238. The molecule has 0 spiro atoms. The van der Waals surface area contributed by atoms with E-state index in [-0.39, 0.29) is 38.7 Å². The molecule has 1 atom stereocenters. The van der Waals surface area contributed by atoms with Gasteiger partial charge in [0.2, 0.25) is 5.16 Å². The number of carbonyl (C=O) groups is 1. The van der Waals surface area contributed by atoms with E-state index in [2.05, 4.69) is 14.6 Å². The number of rotatable bonds is 5. The lowest BCUT2D eigenvalue weighted by molar-refractivity contribution is 0.0988. The first-order valence-corrected chi connectivity index (χ1v) is 11.9. The van der Waals surface area contributed by atoms with Gasteiger partial charge >= 0.3 is 0 Å². The molecule has 0 aliphatic heterocycles. The molecule has 0 saturated carbocycles. The standard InChI is InChI=1S/C21H19FN4O3S2/c1-13(2)14-7-9-15(10-8-14)31(28,29)25-18-11-19(30-21-24-23-12-26(21)22)20(27)17-6-4-3-5-16(17)18/h3-10,12-13,19H,11H2,1-2H3/b25-18-. The number of hydrogen-bond donors (Lipinski definition) is 0. The lowest BCUT2D eigenvalue weighted by Crippen LogP contribution is -2.30. The maximum atomic E-state index is 13.7. The molecule has 2 aromatic carbocycles. The first kappa shape index (κ1) is 21.4. The molecule has 1 unspecified atom stereocenters. The fourth-order valence-electron chi connectivity index (χ4n) is 3.32. The van der Waals surface area contributed by atoms with Crippen LogP contribution in [-0.4, -0.2) is 40.1 Å². The summed E-state index contributed by atoms with van der Waals surface area (Å²) in [5.74, 6) is 0.0378. The summed E-state index contributed by atoms with van der Waals surface area (Å²) in [5, 5.41) is 6.28. The Kier molecular flexibility index (Phi) is 5.76. The number of nitrogens with zero attached hydrogens (tertiary/aromatic N) is 4. The molecule has 0 amide bonds. The van der Waals surface area contributed by atoms with Crippen molar-refractivity contribution in [2.45, 2.75) is 41.5 Å². The molecule has 3 aromatic rings. The predicted octanol–water partition coefficient (Wildman–Crippen LogP) is 4.06. The molecular formula is C21H19FN4O3S2. The first-order valence-electron chi connectivity index (χ1n) is 9.56. The highest BCUT2D eigenvalue weighted by molar-refractivity contribution is 8.00. The second-order valence-electron chi connectivity index (χ2n) is 7.38. The Morgan fingerprint density at radius 2 is 1.81 bits per heavy atom. The highest BCUT2D eigenvalue weighted by Crippen LogP contribution is 2.34. The van der Waals surface area contributed by atoms with Crippen molar-refractivity contribution in [1.29, 1.82) is 0 Å². The normalized spacial score (nSPS) is 17.9. The number of thioether (sulfide) groups is 1. The Labute approximate surface area is 183 Å². The van der Waals surface area contributed by atoms with Crippen LogP contribution >= 0.6 is 11.8 Å². The van der Waals surface area contributed by atoms with Gasteiger partial charge in [0.25, 0.3) is 10.0 Å². The number of benzene rings is 2. The Balaban J connectivity index is 1.73. The van der Waals surface area contributed by atoms with Crippen molar-refractivity contribution in [3.05, 3.63) is 71.5 Å². The van der Waals surface area contributed by atoms with Gasteiger partial charge in [0.1, 0.15) is 0 Å². The lowest BCUT2D eigenvalue weighted by atomic mass is 9.89. The van der Waals surface area contributed by atoms with E-state index in [0.29, 0.717) is 11.1 Å². The second kappa shape index (κ2) is 8.35. The number of ketones is 1. The molecule has 0 fully saturated rings. The van der Waals surface area contributed by atoms with Crippen LogP contribution in [0.25, 0.3) is 0 Å². The molecule has 1 aromatic heterocycles. The van der Waals surface area contributed by atoms with Gasteiger partial charge in [-0.2, -0.15) is 12.8 Å². The van der Waals surface area contributed by atoms with Gasteiger partial charge in [-0.15, -0.1) is 15.0 Å². The molecular weight excluding hydrogens is 439 g/mol. The van der Waals surface area contributed by atoms with Crippen LogP contribution in [0.4, 0.5) is 4.48 Å². The minimum Gasteiger partial charge on any atom is -0.293 e. The van der Waals surface area contributed by atoms with E-state index in [9.17, 15) is 17.7 Å². The van der Waals surface area contributed by atoms with Gasteiger partial charge < -0.3 is 0 Å². The van der Waals surface area contributed by atoms with Crippen molar-refractivity contribution in [2.75, 3.05) is 0 Å². The molecule has 160 valence electrons. The molecule has 0 radical (unpaired) electrons. The first-order chi connectivity index (χ1) is 14.8. The van der Waals surface area contributed by atoms with Gasteiger partial charge in [-0.25, -0.2) is 0 Å². The fourth-order valence-corrected chi connectivity index (χ4v) is 5.34. The number of Topliss-reactive ketones (excluding diaryl/α,β-unsaturated/α-hetero) is 1. The van der Waals surface area contributed by atoms with Gasteiger partial charge in [0.05, 0.1) is 15.9 Å². The Hall–Kier alpha value is -2.85. The van der Waals surface area contributed by atoms with E-state index in [1.54, 1.807) is 36.4 Å². The molecule has 0 N–H and O–H groups in total. The SMILES string of the molecule is CC(C)c1ccc(S(=O)(=O)/N=C2/CC(Sc3nncn3F)C(=O)c3ccccc32)cc1. The minimum atomic E-state index is -4.00. The topological polar surface area (TPSA) is 94.3 Å². The summed E-state index contributed by atoms with van der Waals surface area (Å²) in [6.45, 7) is 4.05. The van der Waals surface area contributed by atoms with Crippen molar-refractivity contribution in [1.82, 2.24) is 15.0 Å². The van der Waals surface area contributed by atoms with Crippen molar-refractivity contribution in [3.8, 4) is 0 Å². The van der Waals surface area contributed by atoms with Gasteiger partial charge in [-0.3, -0.25) is 4.79 Å². The van der Waals surface area contributed by atoms with Crippen LogP contribution in [0.2, 0.25) is 0 Å². The van der Waals surface area contributed by atoms with Gasteiger partial charge in [0.15, 0.2) is 12.1 Å². The number of aromatic nitrogens is 3. The number of fused-ring (bicyclic) bond motifs is 1. The molecule has 1 aliphatic rings. The highest BCUT2D eigenvalue weighted by Gasteiger charge is 2.34. The summed E-state index contributed by atoms with van der Waals surface area (Å²) < 4.78 is 43.8. The van der Waals surface area contributed by atoms with E-state index in [4.69, 9.17) is 0 Å². The Morgan fingerprint density at radius 1 is 1.13 bits per heavy atom. The van der Waals surface area contributed by atoms with E-state index >= 15 is 0 Å². The minimum absolute atomic E-state index is 0.0245. The zero-order valence-electron chi connectivity index (χ0n) is 16.8. The molecule has 1 aliphatic carbocycles. The largest absolute Gasteiger partial charge is 0.293 e. The van der Waals surface area contributed by atoms with Crippen LogP contribution in [-0.2, 0) is 10.0 Å². The number of carbonyl (C=O) groups excluding carboxylic acids is 1. The zero-order chi connectivity index (χ0) is 22.2. The molecule has 1 heterocycles. The van der Waals surface area contributed by atoms with Crippen LogP contribution in [0.3, 0.4) is 0 Å². The third kappa shape index (κ3) is 4.31. The monoisotopic (exact) mass is 458 g/mol. The number of sulfonamides is 1. The molecule has 0 saturated heterocycles. The summed E-state index contributed by atoms with van der Waals surface area (Å²) in [7, 11) is -4.00. The quantitative estimate of drug-likeness (QED) is 0.572. The maximum Gasteiger partial charge on any atom is 0.282 e. The third-order valence-corrected chi connectivity index (χ3v) is 7.44. The maximum absolute atomic E-state index is 13.7.